The van der Waals surface area contributed by atoms with Gasteiger partial charge >= 0.3 is 0 Å². The van der Waals surface area contributed by atoms with Crippen molar-refractivity contribution in [2.45, 2.75) is 13.0 Å². The maximum absolute atomic E-state index is 5.96. The van der Waals surface area contributed by atoms with Gasteiger partial charge in [-0.2, -0.15) is 0 Å². The molecule has 1 aromatic rings. The van der Waals surface area contributed by atoms with Crippen LogP contribution in [0.4, 0.5) is 0 Å². The van der Waals surface area contributed by atoms with E-state index >= 15 is 0 Å². The molecule has 0 aliphatic heterocycles. The molecule has 1 heterocycles. The minimum atomic E-state index is 0.697. The molecule has 0 aromatic carbocycles. The number of rotatable bonds is 8. The highest BCUT2D eigenvalue weighted by Gasteiger charge is 1.97. The summed E-state index contributed by atoms with van der Waals surface area (Å²) in [5.74, 6) is 0. The van der Waals surface area contributed by atoms with Gasteiger partial charge in [-0.1, -0.05) is 17.7 Å². The Morgan fingerprint density at radius 3 is 3.12 bits per heavy atom. The van der Waals surface area contributed by atoms with E-state index < -0.39 is 0 Å². The summed E-state index contributed by atoms with van der Waals surface area (Å²) >= 11 is 5.96. The maximum atomic E-state index is 5.96. The summed E-state index contributed by atoms with van der Waals surface area (Å²) in [6, 6.07) is 1.91. The fourth-order valence-electron chi connectivity index (χ4n) is 1.18. The van der Waals surface area contributed by atoms with Crippen LogP contribution >= 0.6 is 11.6 Å². The smallest absolute Gasteiger partial charge is 0.0634 e. The van der Waals surface area contributed by atoms with Crippen molar-refractivity contribution in [3.8, 4) is 0 Å². The third kappa shape index (κ3) is 5.26. The number of pyridine rings is 1. The van der Waals surface area contributed by atoms with Gasteiger partial charge in [-0.05, 0) is 18.1 Å². The van der Waals surface area contributed by atoms with E-state index in [1.807, 2.05) is 12.1 Å². The molecule has 3 nitrogen and oxygen atoms in total. The van der Waals surface area contributed by atoms with Gasteiger partial charge in [-0.25, -0.2) is 0 Å². The van der Waals surface area contributed by atoms with Crippen LogP contribution in [0.15, 0.2) is 31.1 Å². The summed E-state index contributed by atoms with van der Waals surface area (Å²) in [5.41, 5.74) is 1.06. The number of aromatic nitrogens is 1. The SMILES string of the molecule is C=CCCOCCNCc1ccncc1Cl. The van der Waals surface area contributed by atoms with Crippen LogP contribution in [0.25, 0.3) is 0 Å². The summed E-state index contributed by atoms with van der Waals surface area (Å²) in [6.07, 6.45) is 6.14. The Morgan fingerprint density at radius 1 is 1.50 bits per heavy atom. The molecule has 1 rings (SSSR count). The predicted molar refractivity (Wildman–Crippen MR) is 66.6 cm³/mol. The van der Waals surface area contributed by atoms with E-state index in [-0.39, 0.29) is 0 Å². The van der Waals surface area contributed by atoms with Crippen LogP contribution in [0.2, 0.25) is 5.02 Å². The monoisotopic (exact) mass is 240 g/mol. The standard InChI is InChI=1S/C12H17ClN2O/c1-2-3-7-16-8-6-15-9-11-4-5-14-10-12(11)13/h2,4-5,10,15H,1,3,6-9H2. The highest BCUT2D eigenvalue weighted by atomic mass is 35.5. The van der Waals surface area contributed by atoms with Crippen LogP contribution in [0.5, 0.6) is 0 Å². The highest BCUT2D eigenvalue weighted by Crippen LogP contribution is 2.12. The molecule has 0 aliphatic carbocycles. The molecule has 0 saturated heterocycles. The zero-order valence-corrected chi connectivity index (χ0v) is 10.0. The first-order valence-electron chi connectivity index (χ1n) is 5.32. The quantitative estimate of drug-likeness (QED) is 0.560. The molecule has 0 amide bonds. The Hall–Kier alpha value is -0.900. The lowest BCUT2D eigenvalue weighted by Crippen LogP contribution is -2.19. The average Bonchev–Trinajstić information content (AvgIpc) is 2.30. The first-order valence-corrected chi connectivity index (χ1v) is 5.70. The maximum Gasteiger partial charge on any atom is 0.0634 e. The Bertz CT molecular complexity index is 318. The number of hydrogen-bond donors (Lipinski definition) is 1. The molecule has 0 atom stereocenters. The second kappa shape index (κ2) is 8.28. The second-order valence-electron chi connectivity index (χ2n) is 3.33. The van der Waals surface area contributed by atoms with Crippen molar-refractivity contribution in [2.75, 3.05) is 19.8 Å². The molecular formula is C12H17ClN2O. The van der Waals surface area contributed by atoms with E-state index in [0.29, 0.717) is 11.6 Å². The minimum Gasteiger partial charge on any atom is -0.380 e. The van der Waals surface area contributed by atoms with Crippen molar-refractivity contribution in [3.05, 3.63) is 41.7 Å². The Balaban J connectivity index is 2.07. The van der Waals surface area contributed by atoms with Crippen molar-refractivity contribution < 1.29 is 4.74 Å². The van der Waals surface area contributed by atoms with E-state index in [4.69, 9.17) is 16.3 Å². The summed E-state index contributed by atoms with van der Waals surface area (Å²) in [5, 5.41) is 3.95. The van der Waals surface area contributed by atoms with Crippen LogP contribution in [0, 0.1) is 0 Å². The Morgan fingerprint density at radius 2 is 2.38 bits per heavy atom. The zero-order valence-electron chi connectivity index (χ0n) is 9.29. The van der Waals surface area contributed by atoms with Gasteiger partial charge in [0.05, 0.1) is 18.2 Å². The molecule has 16 heavy (non-hydrogen) atoms. The third-order valence-electron chi connectivity index (χ3n) is 2.06. The van der Waals surface area contributed by atoms with Gasteiger partial charge in [-0.3, -0.25) is 4.98 Å². The van der Waals surface area contributed by atoms with E-state index in [9.17, 15) is 0 Å². The molecular weight excluding hydrogens is 224 g/mol. The predicted octanol–water partition coefficient (Wildman–Crippen LogP) is 2.42. The second-order valence-corrected chi connectivity index (χ2v) is 3.74. The van der Waals surface area contributed by atoms with E-state index in [2.05, 4.69) is 16.9 Å². The molecule has 0 aliphatic rings. The van der Waals surface area contributed by atoms with Crippen molar-refractivity contribution in [3.63, 3.8) is 0 Å². The molecule has 4 heteroatoms. The molecule has 0 bridgehead atoms. The lowest BCUT2D eigenvalue weighted by Gasteiger charge is -2.06. The van der Waals surface area contributed by atoms with Gasteiger partial charge in [-0.15, -0.1) is 6.58 Å². The highest BCUT2D eigenvalue weighted by molar-refractivity contribution is 6.31. The Labute approximate surface area is 101 Å². The van der Waals surface area contributed by atoms with Crippen LogP contribution in [-0.2, 0) is 11.3 Å². The molecule has 1 N–H and O–H groups in total. The van der Waals surface area contributed by atoms with Gasteiger partial charge in [0.1, 0.15) is 0 Å². The van der Waals surface area contributed by atoms with Gasteiger partial charge in [0.25, 0.3) is 0 Å². The van der Waals surface area contributed by atoms with E-state index in [1.54, 1.807) is 12.4 Å². The molecule has 0 fully saturated rings. The number of nitrogens with zero attached hydrogens (tertiary/aromatic N) is 1. The zero-order chi connectivity index (χ0) is 11.6. The lowest BCUT2D eigenvalue weighted by atomic mass is 10.3. The number of hydrogen-bond acceptors (Lipinski definition) is 3. The Kier molecular flexibility index (Phi) is 6.81. The summed E-state index contributed by atoms with van der Waals surface area (Å²) in [7, 11) is 0. The average molecular weight is 241 g/mol. The lowest BCUT2D eigenvalue weighted by molar-refractivity contribution is 0.140. The van der Waals surface area contributed by atoms with Crippen LogP contribution < -0.4 is 5.32 Å². The fourth-order valence-corrected chi connectivity index (χ4v) is 1.37. The molecule has 88 valence electrons. The fraction of sp³-hybridized carbons (Fsp3) is 0.417. The van der Waals surface area contributed by atoms with Crippen molar-refractivity contribution in [2.24, 2.45) is 0 Å². The minimum absolute atomic E-state index is 0.697. The van der Waals surface area contributed by atoms with Gasteiger partial charge < -0.3 is 10.1 Å². The molecule has 0 radical (unpaired) electrons. The first kappa shape index (κ1) is 13.2. The van der Waals surface area contributed by atoms with Gasteiger partial charge in [0.2, 0.25) is 0 Å². The number of halogens is 1. The molecule has 0 unspecified atom stereocenters. The van der Waals surface area contributed by atoms with E-state index in [1.165, 1.54) is 0 Å². The van der Waals surface area contributed by atoms with Crippen molar-refractivity contribution >= 4 is 11.6 Å². The molecule has 0 saturated carbocycles. The summed E-state index contributed by atoms with van der Waals surface area (Å²) in [6.45, 7) is 6.63. The van der Waals surface area contributed by atoms with Crippen molar-refractivity contribution in [1.29, 1.82) is 0 Å². The largest absolute Gasteiger partial charge is 0.380 e. The molecule has 0 spiro atoms. The number of ether oxygens (including phenoxy) is 1. The molecule has 1 aromatic heterocycles. The van der Waals surface area contributed by atoms with Gasteiger partial charge in [0.15, 0.2) is 0 Å². The van der Waals surface area contributed by atoms with E-state index in [0.717, 1.165) is 31.7 Å². The number of nitrogens with one attached hydrogen (secondary N) is 1. The first-order chi connectivity index (χ1) is 7.84. The van der Waals surface area contributed by atoms with Crippen molar-refractivity contribution in [1.82, 2.24) is 10.3 Å². The topological polar surface area (TPSA) is 34.1 Å². The van der Waals surface area contributed by atoms with Gasteiger partial charge in [0, 0.05) is 25.5 Å². The normalized spacial score (nSPS) is 10.3. The summed E-state index contributed by atoms with van der Waals surface area (Å²) < 4.78 is 5.36. The summed E-state index contributed by atoms with van der Waals surface area (Å²) in [4.78, 5) is 3.93. The van der Waals surface area contributed by atoms with Crippen LogP contribution in [0.3, 0.4) is 0 Å². The van der Waals surface area contributed by atoms with Crippen LogP contribution in [0.1, 0.15) is 12.0 Å². The van der Waals surface area contributed by atoms with Crippen LogP contribution in [-0.4, -0.2) is 24.7 Å². The third-order valence-corrected chi connectivity index (χ3v) is 2.40.